The number of hydrogen-bond acceptors (Lipinski definition) is 3. The normalized spacial score (nSPS) is 11.2. The van der Waals surface area contributed by atoms with E-state index in [0.717, 1.165) is 11.1 Å². The summed E-state index contributed by atoms with van der Waals surface area (Å²) < 4.78 is 0. The smallest absolute Gasteiger partial charge is 0.194 e. The van der Waals surface area contributed by atoms with Crippen molar-refractivity contribution in [3.8, 4) is 6.07 Å². The fourth-order valence-corrected chi connectivity index (χ4v) is 1.85. The Kier molecular flexibility index (Phi) is 4.41. The van der Waals surface area contributed by atoms with Crippen molar-refractivity contribution in [3.63, 3.8) is 0 Å². The number of aliphatic imine (C=N–C) groups is 1. The molecule has 0 heterocycles. The molecule has 0 amide bonds. The number of hydrogen-bond donors (Lipinski definition) is 0. The topological polar surface area (TPSA) is 53.2 Å². The standard InChI is InChI=1S/C17H14N2O/c1-13(20)16(12-18)19-17(14-8-4-2-5-9-14)15-10-6-3-7-11-15/h2-11,16H,1H3. The number of ketones is 1. The zero-order valence-electron chi connectivity index (χ0n) is 11.2. The Balaban J connectivity index is 2.54. The molecule has 3 nitrogen and oxygen atoms in total. The average Bonchev–Trinajstić information content (AvgIpc) is 2.50. The van der Waals surface area contributed by atoms with Gasteiger partial charge in [-0.15, -0.1) is 0 Å². The molecule has 0 saturated carbocycles. The lowest BCUT2D eigenvalue weighted by Crippen LogP contribution is -2.16. The summed E-state index contributed by atoms with van der Waals surface area (Å²) in [5.74, 6) is -0.253. The minimum Gasteiger partial charge on any atom is -0.296 e. The Morgan fingerprint density at radius 3 is 1.80 bits per heavy atom. The third kappa shape index (κ3) is 3.18. The second kappa shape index (κ2) is 6.44. The van der Waals surface area contributed by atoms with Crippen molar-refractivity contribution in [1.29, 1.82) is 5.26 Å². The minimum absolute atomic E-state index is 0.253. The highest BCUT2D eigenvalue weighted by Crippen LogP contribution is 2.12. The van der Waals surface area contributed by atoms with Crippen molar-refractivity contribution in [2.75, 3.05) is 0 Å². The number of Topliss-reactive ketones (excluding diaryl/α,β-unsaturated/α-hetero) is 1. The van der Waals surface area contributed by atoms with Gasteiger partial charge in [-0.05, 0) is 6.92 Å². The van der Waals surface area contributed by atoms with Crippen LogP contribution >= 0.6 is 0 Å². The lowest BCUT2D eigenvalue weighted by Gasteiger charge is -2.09. The van der Waals surface area contributed by atoms with Gasteiger partial charge in [-0.2, -0.15) is 5.26 Å². The van der Waals surface area contributed by atoms with Gasteiger partial charge in [0.05, 0.1) is 11.8 Å². The largest absolute Gasteiger partial charge is 0.296 e. The molecule has 0 aromatic heterocycles. The van der Waals surface area contributed by atoms with Crippen LogP contribution in [0.25, 0.3) is 0 Å². The highest BCUT2D eigenvalue weighted by atomic mass is 16.1. The molecule has 0 bridgehead atoms. The lowest BCUT2D eigenvalue weighted by atomic mass is 10.0. The summed E-state index contributed by atoms with van der Waals surface area (Å²) in [5.41, 5.74) is 2.44. The predicted octanol–water partition coefficient (Wildman–Crippen LogP) is 3.01. The number of carbonyl (C=O) groups is 1. The molecule has 2 aromatic rings. The molecule has 98 valence electrons. The van der Waals surface area contributed by atoms with Crippen LogP contribution in [-0.2, 0) is 4.79 Å². The van der Waals surface area contributed by atoms with E-state index in [0.29, 0.717) is 5.71 Å². The van der Waals surface area contributed by atoms with Crippen molar-refractivity contribution in [2.24, 2.45) is 4.99 Å². The van der Waals surface area contributed by atoms with Crippen LogP contribution < -0.4 is 0 Å². The van der Waals surface area contributed by atoms with Crippen LogP contribution in [0.4, 0.5) is 0 Å². The molecule has 3 heteroatoms. The number of nitriles is 1. The van der Waals surface area contributed by atoms with Crippen LogP contribution in [0.2, 0.25) is 0 Å². The first-order valence-electron chi connectivity index (χ1n) is 6.31. The van der Waals surface area contributed by atoms with Gasteiger partial charge in [-0.1, -0.05) is 60.7 Å². The van der Waals surface area contributed by atoms with E-state index in [1.807, 2.05) is 66.7 Å². The van der Waals surface area contributed by atoms with E-state index in [-0.39, 0.29) is 5.78 Å². The Labute approximate surface area is 118 Å². The molecule has 0 fully saturated rings. The summed E-state index contributed by atoms with van der Waals surface area (Å²) in [7, 11) is 0. The third-order valence-electron chi connectivity index (χ3n) is 2.86. The second-order valence-electron chi connectivity index (χ2n) is 4.35. The molecule has 0 N–H and O–H groups in total. The van der Waals surface area contributed by atoms with Gasteiger partial charge in [0.25, 0.3) is 0 Å². The molecule has 2 rings (SSSR count). The number of nitrogens with zero attached hydrogens (tertiary/aromatic N) is 2. The van der Waals surface area contributed by atoms with Crippen LogP contribution in [0.15, 0.2) is 65.7 Å². The van der Waals surface area contributed by atoms with Gasteiger partial charge in [0, 0.05) is 11.1 Å². The first kappa shape index (κ1) is 13.7. The number of benzene rings is 2. The first-order chi connectivity index (χ1) is 9.72. The van der Waals surface area contributed by atoms with Gasteiger partial charge in [0.15, 0.2) is 11.8 Å². The van der Waals surface area contributed by atoms with Gasteiger partial charge in [0.2, 0.25) is 0 Å². The zero-order chi connectivity index (χ0) is 14.4. The molecule has 0 aliphatic heterocycles. The van der Waals surface area contributed by atoms with E-state index in [4.69, 9.17) is 5.26 Å². The molecule has 20 heavy (non-hydrogen) atoms. The first-order valence-corrected chi connectivity index (χ1v) is 6.31. The van der Waals surface area contributed by atoms with E-state index in [2.05, 4.69) is 4.99 Å². The van der Waals surface area contributed by atoms with Crippen molar-refractivity contribution in [2.45, 2.75) is 13.0 Å². The summed E-state index contributed by atoms with van der Waals surface area (Å²) in [5, 5.41) is 9.06. The molecule has 2 aromatic carbocycles. The molecular formula is C17H14N2O. The number of carbonyl (C=O) groups excluding carboxylic acids is 1. The maximum Gasteiger partial charge on any atom is 0.194 e. The summed E-state index contributed by atoms with van der Waals surface area (Å²) in [6, 6.07) is 20.1. The summed E-state index contributed by atoms with van der Waals surface area (Å²) in [6.45, 7) is 1.38. The van der Waals surface area contributed by atoms with Crippen molar-refractivity contribution in [3.05, 3.63) is 71.8 Å². The fourth-order valence-electron chi connectivity index (χ4n) is 1.85. The van der Waals surface area contributed by atoms with Crippen LogP contribution in [0.1, 0.15) is 18.1 Å². The van der Waals surface area contributed by atoms with Crippen molar-refractivity contribution in [1.82, 2.24) is 0 Å². The summed E-state index contributed by atoms with van der Waals surface area (Å²) >= 11 is 0. The van der Waals surface area contributed by atoms with Crippen molar-refractivity contribution < 1.29 is 4.79 Å². The monoisotopic (exact) mass is 262 g/mol. The van der Waals surface area contributed by atoms with Crippen LogP contribution in [0.5, 0.6) is 0 Å². The third-order valence-corrected chi connectivity index (χ3v) is 2.86. The molecule has 0 radical (unpaired) electrons. The van der Waals surface area contributed by atoms with E-state index in [1.54, 1.807) is 0 Å². The molecular weight excluding hydrogens is 248 g/mol. The van der Waals surface area contributed by atoms with E-state index >= 15 is 0 Å². The molecule has 0 spiro atoms. The summed E-state index contributed by atoms with van der Waals surface area (Å²) in [4.78, 5) is 15.8. The predicted molar refractivity (Wildman–Crippen MR) is 78.6 cm³/mol. The molecule has 0 aliphatic rings. The maximum atomic E-state index is 11.4. The van der Waals surface area contributed by atoms with Gasteiger partial charge >= 0.3 is 0 Å². The van der Waals surface area contributed by atoms with E-state index < -0.39 is 6.04 Å². The van der Waals surface area contributed by atoms with Crippen LogP contribution in [-0.4, -0.2) is 17.5 Å². The summed E-state index contributed by atoms with van der Waals surface area (Å²) in [6.07, 6.45) is 0. The molecule has 1 unspecified atom stereocenters. The Morgan fingerprint density at radius 1 is 1.00 bits per heavy atom. The lowest BCUT2D eigenvalue weighted by molar-refractivity contribution is -0.117. The quantitative estimate of drug-likeness (QED) is 0.795. The SMILES string of the molecule is CC(=O)C(C#N)N=C(c1ccccc1)c1ccccc1. The minimum atomic E-state index is -0.967. The van der Waals surface area contributed by atoms with Crippen LogP contribution in [0, 0.1) is 11.3 Å². The number of rotatable bonds is 4. The van der Waals surface area contributed by atoms with E-state index in [9.17, 15) is 4.79 Å². The van der Waals surface area contributed by atoms with Gasteiger partial charge in [0.1, 0.15) is 0 Å². The Hall–Kier alpha value is -2.73. The molecule has 0 saturated heterocycles. The van der Waals surface area contributed by atoms with Crippen LogP contribution in [0.3, 0.4) is 0 Å². The fraction of sp³-hybridized carbons (Fsp3) is 0.118. The second-order valence-corrected chi connectivity index (χ2v) is 4.35. The highest BCUT2D eigenvalue weighted by Gasteiger charge is 2.14. The van der Waals surface area contributed by atoms with Gasteiger partial charge in [-0.3, -0.25) is 9.79 Å². The average molecular weight is 262 g/mol. The van der Waals surface area contributed by atoms with Gasteiger partial charge in [-0.25, -0.2) is 0 Å². The molecule has 0 aliphatic carbocycles. The zero-order valence-corrected chi connectivity index (χ0v) is 11.2. The highest BCUT2D eigenvalue weighted by molar-refractivity contribution is 6.13. The van der Waals surface area contributed by atoms with Gasteiger partial charge < -0.3 is 0 Å². The molecule has 1 atom stereocenters. The maximum absolute atomic E-state index is 11.4. The van der Waals surface area contributed by atoms with Crippen molar-refractivity contribution >= 4 is 11.5 Å². The Morgan fingerprint density at radius 2 is 1.45 bits per heavy atom. The Bertz CT molecular complexity index is 613. The van der Waals surface area contributed by atoms with E-state index in [1.165, 1.54) is 6.92 Å².